The number of thioether (sulfide) groups is 1. The van der Waals surface area contributed by atoms with E-state index in [4.69, 9.17) is 5.73 Å². The fraction of sp³-hybridized carbons (Fsp3) is 0.250. The molecular weight excluding hydrogens is 152 g/mol. The summed E-state index contributed by atoms with van der Waals surface area (Å²) in [4.78, 5) is 14.7. The zero-order valence-electron chi connectivity index (χ0n) is 4.94. The SMILES string of the molecule is Nc1nc2n(n1)C(=O)CS2. The van der Waals surface area contributed by atoms with Crippen LogP contribution >= 0.6 is 11.8 Å². The Bertz CT molecular complexity index is 293. The van der Waals surface area contributed by atoms with Gasteiger partial charge in [0.15, 0.2) is 5.16 Å². The zero-order chi connectivity index (χ0) is 7.14. The maximum absolute atomic E-state index is 10.9. The molecule has 0 amide bonds. The summed E-state index contributed by atoms with van der Waals surface area (Å²) in [6.45, 7) is 0. The highest BCUT2D eigenvalue weighted by atomic mass is 32.2. The first-order valence-corrected chi connectivity index (χ1v) is 3.64. The van der Waals surface area contributed by atoms with Gasteiger partial charge in [0.05, 0.1) is 5.75 Å². The normalized spacial score (nSPS) is 15.8. The summed E-state index contributed by atoms with van der Waals surface area (Å²) < 4.78 is 1.24. The van der Waals surface area contributed by atoms with E-state index >= 15 is 0 Å². The molecule has 2 N–H and O–H groups in total. The molecule has 0 aromatic carbocycles. The molecule has 0 saturated heterocycles. The molecule has 2 rings (SSSR count). The van der Waals surface area contributed by atoms with Crippen molar-refractivity contribution in [3.8, 4) is 0 Å². The summed E-state index contributed by atoms with van der Waals surface area (Å²) in [6, 6.07) is 0. The maximum Gasteiger partial charge on any atom is 0.259 e. The molecule has 52 valence electrons. The number of carbonyl (C=O) groups excluding carboxylic acids is 1. The Balaban J connectivity index is 2.59. The average Bonchev–Trinajstić information content (AvgIpc) is 2.35. The molecule has 0 fully saturated rings. The van der Waals surface area contributed by atoms with E-state index < -0.39 is 0 Å². The Morgan fingerprint density at radius 1 is 1.70 bits per heavy atom. The van der Waals surface area contributed by atoms with Crippen LogP contribution < -0.4 is 5.73 Å². The van der Waals surface area contributed by atoms with Gasteiger partial charge in [-0.2, -0.15) is 9.67 Å². The molecule has 1 aliphatic rings. The van der Waals surface area contributed by atoms with E-state index in [1.165, 1.54) is 16.4 Å². The van der Waals surface area contributed by atoms with Gasteiger partial charge in [-0.3, -0.25) is 4.79 Å². The minimum Gasteiger partial charge on any atom is -0.366 e. The number of nitrogens with two attached hydrogens (primary N) is 1. The third kappa shape index (κ3) is 0.621. The van der Waals surface area contributed by atoms with E-state index in [9.17, 15) is 4.79 Å². The van der Waals surface area contributed by atoms with E-state index in [0.29, 0.717) is 10.9 Å². The van der Waals surface area contributed by atoms with Crippen molar-refractivity contribution in [3.63, 3.8) is 0 Å². The van der Waals surface area contributed by atoms with Crippen LogP contribution in [0.15, 0.2) is 5.16 Å². The van der Waals surface area contributed by atoms with Crippen molar-refractivity contribution < 1.29 is 4.79 Å². The van der Waals surface area contributed by atoms with Crippen molar-refractivity contribution >= 4 is 23.6 Å². The lowest BCUT2D eigenvalue weighted by Crippen LogP contribution is -2.08. The van der Waals surface area contributed by atoms with E-state index in [1.807, 2.05) is 0 Å². The topological polar surface area (TPSA) is 73.8 Å². The average molecular weight is 156 g/mol. The third-order valence-electron chi connectivity index (χ3n) is 1.15. The third-order valence-corrected chi connectivity index (χ3v) is 2.07. The van der Waals surface area contributed by atoms with Gasteiger partial charge in [-0.05, 0) is 0 Å². The number of hydrogen-bond acceptors (Lipinski definition) is 5. The highest BCUT2D eigenvalue weighted by Gasteiger charge is 2.22. The Kier molecular flexibility index (Phi) is 0.986. The highest BCUT2D eigenvalue weighted by molar-refractivity contribution is 8.00. The number of nitrogen functional groups attached to an aromatic ring is 1. The molecule has 2 heterocycles. The van der Waals surface area contributed by atoms with Gasteiger partial charge in [-0.25, -0.2) is 0 Å². The Morgan fingerprint density at radius 3 is 3.20 bits per heavy atom. The predicted octanol–water partition coefficient (Wildman–Crippen LogP) is -0.394. The lowest BCUT2D eigenvalue weighted by molar-refractivity contribution is 0.0923. The monoisotopic (exact) mass is 156 g/mol. The molecule has 0 bridgehead atoms. The molecule has 5 nitrogen and oxygen atoms in total. The standard InChI is InChI=1S/C4H4N4OS/c5-3-6-4-8(7-3)2(9)1-10-4/h1H2,(H2,5,7). The minimum atomic E-state index is -0.0517. The molecule has 1 aliphatic heterocycles. The van der Waals surface area contributed by atoms with Crippen LogP contribution in [0.2, 0.25) is 0 Å². The van der Waals surface area contributed by atoms with Gasteiger partial charge in [0.1, 0.15) is 0 Å². The van der Waals surface area contributed by atoms with E-state index in [1.54, 1.807) is 0 Å². The number of hydrogen-bond donors (Lipinski definition) is 1. The second-order valence-electron chi connectivity index (χ2n) is 1.85. The van der Waals surface area contributed by atoms with Crippen LogP contribution in [0.4, 0.5) is 5.95 Å². The van der Waals surface area contributed by atoms with Crippen molar-refractivity contribution in [2.75, 3.05) is 11.5 Å². The molecule has 1 aromatic heterocycles. The summed E-state index contributed by atoms with van der Waals surface area (Å²) in [5, 5.41) is 4.28. The van der Waals surface area contributed by atoms with Crippen molar-refractivity contribution in [2.45, 2.75) is 5.16 Å². The molecule has 0 aliphatic carbocycles. The predicted molar refractivity (Wildman–Crippen MR) is 35.8 cm³/mol. The lowest BCUT2D eigenvalue weighted by atomic mass is 10.7. The van der Waals surface area contributed by atoms with Crippen molar-refractivity contribution in [2.24, 2.45) is 0 Å². The first-order valence-electron chi connectivity index (χ1n) is 2.66. The number of rotatable bonds is 0. The molecular formula is C4H4N4OS. The number of carbonyl (C=O) groups is 1. The van der Waals surface area contributed by atoms with Gasteiger partial charge in [0.25, 0.3) is 5.91 Å². The zero-order valence-corrected chi connectivity index (χ0v) is 5.76. The fourth-order valence-electron chi connectivity index (χ4n) is 0.756. The molecule has 6 heteroatoms. The van der Waals surface area contributed by atoms with Gasteiger partial charge in [-0.15, -0.1) is 5.10 Å². The van der Waals surface area contributed by atoms with Gasteiger partial charge in [0.2, 0.25) is 5.95 Å². The van der Waals surface area contributed by atoms with Crippen molar-refractivity contribution in [1.29, 1.82) is 0 Å². The summed E-state index contributed by atoms with van der Waals surface area (Å²) in [7, 11) is 0. The quantitative estimate of drug-likeness (QED) is 0.553. The van der Waals surface area contributed by atoms with Crippen molar-refractivity contribution in [1.82, 2.24) is 14.8 Å². The highest BCUT2D eigenvalue weighted by Crippen LogP contribution is 2.22. The number of aromatic nitrogens is 3. The molecule has 1 aromatic rings. The Morgan fingerprint density at radius 2 is 2.50 bits per heavy atom. The summed E-state index contributed by atoms with van der Waals surface area (Å²) >= 11 is 1.36. The van der Waals surface area contributed by atoms with Crippen molar-refractivity contribution in [3.05, 3.63) is 0 Å². The lowest BCUT2D eigenvalue weighted by Gasteiger charge is -1.84. The van der Waals surface area contributed by atoms with Crippen LogP contribution in [0, 0.1) is 0 Å². The maximum atomic E-state index is 10.9. The largest absolute Gasteiger partial charge is 0.366 e. The van der Waals surface area contributed by atoms with E-state index in [0.717, 1.165) is 0 Å². The summed E-state index contributed by atoms with van der Waals surface area (Å²) in [5.41, 5.74) is 5.24. The first-order chi connectivity index (χ1) is 4.77. The molecule has 0 radical (unpaired) electrons. The fourth-order valence-corrected chi connectivity index (χ4v) is 1.55. The smallest absolute Gasteiger partial charge is 0.259 e. The van der Waals surface area contributed by atoms with Crippen LogP contribution in [0.5, 0.6) is 0 Å². The van der Waals surface area contributed by atoms with E-state index in [2.05, 4.69) is 10.1 Å². The number of fused-ring (bicyclic) bond motifs is 1. The van der Waals surface area contributed by atoms with Gasteiger partial charge < -0.3 is 5.73 Å². The second kappa shape index (κ2) is 1.72. The van der Waals surface area contributed by atoms with Crippen LogP contribution in [0.1, 0.15) is 4.79 Å². The van der Waals surface area contributed by atoms with Gasteiger partial charge in [-0.1, -0.05) is 11.8 Å². The summed E-state index contributed by atoms with van der Waals surface area (Å²) in [6.07, 6.45) is 0. The van der Waals surface area contributed by atoms with Gasteiger partial charge >= 0.3 is 0 Å². The Labute approximate surface area is 60.6 Å². The molecule has 0 unspecified atom stereocenters. The molecule has 0 saturated carbocycles. The number of nitrogens with zero attached hydrogens (tertiary/aromatic N) is 3. The van der Waals surface area contributed by atoms with Gasteiger partial charge in [0, 0.05) is 0 Å². The molecule has 0 atom stereocenters. The molecule has 0 spiro atoms. The van der Waals surface area contributed by atoms with Crippen LogP contribution in [-0.4, -0.2) is 26.4 Å². The number of anilines is 1. The van der Waals surface area contributed by atoms with Crippen LogP contribution in [0.3, 0.4) is 0 Å². The van der Waals surface area contributed by atoms with Crippen LogP contribution in [0.25, 0.3) is 0 Å². The Hall–Kier alpha value is -1.04. The van der Waals surface area contributed by atoms with Crippen LogP contribution in [-0.2, 0) is 0 Å². The first kappa shape index (κ1) is 5.72. The summed E-state index contributed by atoms with van der Waals surface area (Å²) in [5.74, 6) is 0.537. The minimum absolute atomic E-state index is 0.0517. The van der Waals surface area contributed by atoms with E-state index in [-0.39, 0.29) is 11.9 Å². The second-order valence-corrected chi connectivity index (χ2v) is 2.79. The molecule has 10 heavy (non-hydrogen) atoms.